The van der Waals surface area contributed by atoms with Gasteiger partial charge in [0.25, 0.3) is 0 Å². The van der Waals surface area contributed by atoms with E-state index in [1.165, 1.54) is 0 Å². The van der Waals surface area contributed by atoms with Crippen molar-refractivity contribution in [1.29, 1.82) is 0 Å². The monoisotopic (exact) mass is 216 g/mol. The predicted molar refractivity (Wildman–Crippen MR) is 65.6 cm³/mol. The molecule has 0 aliphatic rings. The minimum absolute atomic E-state index is 0.0167. The van der Waals surface area contributed by atoms with Crippen LogP contribution in [0.2, 0.25) is 0 Å². The Bertz CT molecular complexity index is 528. The number of fused-ring (bicyclic) bond motifs is 1. The van der Waals surface area contributed by atoms with Gasteiger partial charge in [-0.2, -0.15) is 0 Å². The van der Waals surface area contributed by atoms with Gasteiger partial charge in [0.1, 0.15) is 0 Å². The second-order valence-corrected chi connectivity index (χ2v) is 4.08. The number of ketones is 1. The van der Waals surface area contributed by atoms with Crippen LogP contribution >= 0.6 is 0 Å². The summed E-state index contributed by atoms with van der Waals surface area (Å²) in [6.07, 6.45) is 2.42. The van der Waals surface area contributed by atoms with E-state index in [4.69, 9.17) is 5.73 Å². The fourth-order valence-corrected chi connectivity index (χ4v) is 1.95. The maximum atomic E-state index is 12.1. The second-order valence-electron chi connectivity index (χ2n) is 4.08. The van der Waals surface area contributed by atoms with Crippen LogP contribution in [0.25, 0.3) is 10.9 Å². The molecule has 1 aromatic heterocycles. The summed E-state index contributed by atoms with van der Waals surface area (Å²) in [4.78, 5) is 15.2. The number of rotatable bonds is 3. The van der Waals surface area contributed by atoms with Crippen molar-refractivity contribution < 1.29 is 4.79 Å². The molecule has 0 amide bonds. The SMILES string of the molecule is CCC(N)C(=O)c1c[nH]c2cccc(C)c12. The molecule has 3 heteroatoms. The minimum atomic E-state index is -0.404. The molecule has 2 rings (SSSR count). The molecule has 0 saturated carbocycles. The number of carbonyl (C=O) groups is 1. The van der Waals surface area contributed by atoms with Crippen LogP contribution in [0, 0.1) is 6.92 Å². The van der Waals surface area contributed by atoms with E-state index in [1.807, 2.05) is 32.0 Å². The molecule has 0 spiro atoms. The van der Waals surface area contributed by atoms with Crippen molar-refractivity contribution in [3.8, 4) is 0 Å². The number of nitrogens with one attached hydrogen (secondary N) is 1. The molecule has 0 saturated heterocycles. The lowest BCUT2D eigenvalue weighted by molar-refractivity contribution is 0.0961. The van der Waals surface area contributed by atoms with Crippen molar-refractivity contribution in [1.82, 2.24) is 4.98 Å². The number of hydrogen-bond donors (Lipinski definition) is 2. The fourth-order valence-electron chi connectivity index (χ4n) is 1.95. The van der Waals surface area contributed by atoms with Gasteiger partial charge in [-0.1, -0.05) is 19.1 Å². The predicted octanol–water partition coefficient (Wildman–Crippen LogP) is 2.40. The number of hydrogen-bond acceptors (Lipinski definition) is 2. The molecule has 0 aliphatic heterocycles. The minimum Gasteiger partial charge on any atom is -0.360 e. The van der Waals surface area contributed by atoms with E-state index in [-0.39, 0.29) is 5.78 Å². The first-order valence-electron chi connectivity index (χ1n) is 5.51. The van der Waals surface area contributed by atoms with Crippen molar-refractivity contribution in [2.24, 2.45) is 5.73 Å². The average molecular weight is 216 g/mol. The second kappa shape index (κ2) is 4.10. The smallest absolute Gasteiger partial charge is 0.181 e. The Morgan fingerprint density at radius 1 is 1.50 bits per heavy atom. The van der Waals surface area contributed by atoms with Crippen molar-refractivity contribution >= 4 is 16.7 Å². The number of Topliss-reactive ketones (excluding diaryl/α,β-unsaturated/α-hetero) is 1. The van der Waals surface area contributed by atoms with E-state index >= 15 is 0 Å². The zero-order chi connectivity index (χ0) is 11.7. The molecule has 0 aliphatic carbocycles. The highest BCUT2D eigenvalue weighted by Gasteiger charge is 2.18. The molecule has 1 atom stereocenters. The van der Waals surface area contributed by atoms with Gasteiger partial charge in [0.05, 0.1) is 6.04 Å². The first-order chi connectivity index (χ1) is 7.65. The summed E-state index contributed by atoms with van der Waals surface area (Å²) < 4.78 is 0. The molecule has 3 nitrogen and oxygen atoms in total. The Morgan fingerprint density at radius 2 is 2.25 bits per heavy atom. The van der Waals surface area contributed by atoms with Crippen molar-refractivity contribution in [3.63, 3.8) is 0 Å². The molecule has 0 radical (unpaired) electrons. The van der Waals surface area contributed by atoms with Crippen molar-refractivity contribution in [2.45, 2.75) is 26.3 Å². The number of aromatic amines is 1. The van der Waals surface area contributed by atoms with Crippen LogP contribution in [-0.2, 0) is 0 Å². The number of aromatic nitrogens is 1. The molecule has 16 heavy (non-hydrogen) atoms. The zero-order valence-electron chi connectivity index (χ0n) is 9.58. The number of carbonyl (C=O) groups excluding carboxylic acids is 1. The van der Waals surface area contributed by atoms with Gasteiger partial charge in [-0.15, -0.1) is 0 Å². The standard InChI is InChI=1S/C13H16N2O/c1-3-10(14)13(16)9-7-15-11-6-4-5-8(2)12(9)11/h4-7,10,15H,3,14H2,1-2H3. The van der Waals surface area contributed by atoms with Crippen molar-refractivity contribution in [2.75, 3.05) is 0 Å². The Hall–Kier alpha value is -1.61. The number of nitrogens with two attached hydrogens (primary N) is 1. The summed E-state index contributed by atoms with van der Waals surface area (Å²) in [5.74, 6) is 0.0167. The van der Waals surface area contributed by atoms with Gasteiger partial charge < -0.3 is 10.7 Å². The first kappa shape index (κ1) is 10.9. The van der Waals surface area contributed by atoms with Gasteiger partial charge in [0.2, 0.25) is 0 Å². The van der Waals surface area contributed by atoms with Crippen LogP contribution in [0.15, 0.2) is 24.4 Å². The Labute approximate surface area is 94.6 Å². The number of H-pyrrole nitrogens is 1. The van der Waals surface area contributed by atoms with E-state index in [0.29, 0.717) is 12.0 Å². The lowest BCUT2D eigenvalue weighted by Gasteiger charge is -2.07. The average Bonchev–Trinajstić information content (AvgIpc) is 2.72. The van der Waals surface area contributed by atoms with E-state index in [2.05, 4.69) is 4.98 Å². The van der Waals surface area contributed by atoms with Gasteiger partial charge in [-0.05, 0) is 25.0 Å². The van der Waals surface area contributed by atoms with Gasteiger partial charge in [-0.25, -0.2) is 0 Å². The highest BCUT2D eigenvalue weighted by atomic mass is 16.1. The molecular formula is C13H16N2O. The highest BCUT2D eigenvalue weighted by molar-refractivity contribution is 6.11. The maximum absolute atomic E-state index is 12.1. The van der Waals surface area contributed by atoms with Crippen LogP contribution in [-0.4, -0.2) is 16.8 Å². The van der Waals surface area contributed by atoms with Gasteiger partial charge in [-0.3, -0.25) is 4.79 Å². The third kappa shape index (κ3) is 1.63. The molecule has 1 aromatic carbocycles. The summed E-state index contributed by atoms with van der Waals surface area (Å²) in [5.41, 5.74) is 8.59. The lowest BCUT2D eigenvalue weighted by Crippen LogP contribution is -2.29. The first-order valence-corrected chi connectivity index (χ1v) is 5.51. The number of benzene rings is 1. The van der Waals surface area contributed by atoms with Gasteiger partial charge in [0, 0.05) is 22.7 Å². The lowest BCUT2D eigenvalue weighted by atomic mass is 10.00. The quantitative estimate of drug-likeness (QED) is 0.774. The molecule has 2 aromatic rings. The molecule has 84 valence electrons. The molecule has 0 fully saturated rings. The Balaban J connectivity index is 2.57. The molecule has 0 bridgehead atoms. The van der Waals surface area contributed by atoms with Crippen LogP contribution in [0.1, 0.15) is 29.3 Å². The van der Waals surface area contributed by atoms with E-state index in [1.54, 1.807) is 6.20 Å². The van der Waals surface area contributed by atoms with Crippen LogP contribution < -0.4 is 5.73 Å². The molecule has 1 heterocycles. The molecule has 1 unspecified atom stereocenters. The van der Waals surface area contributed by atoms with E-state index in [0.717, 1.165) is 16.5 Å². The largest absolute Gasteiger partial charge is 0.360 e. The van der Waals surface area contributed by atoms with Crippen LogP contribution in [0.4, 0.5) is 0 Å². The number of aryl methyl sites for hydroxylation is 1. The molecular weight excluding hydrogens is 200 g/mol. The maximum Gasteiger partial charge on any atom is 0.181 e. The topological polar surface area (TPSA) is 58.9 Å². The third-order valence-electron chi connectivity index (χ3n) is 2.96. The summed E-state index contributed by atoms with van der Waals surface area (Å²) in [6, 6.07) is 5.54. The summed E-state index contributed by atoms with van der Waals surface area (Å²) in [5, 5.41) is 0.997. The molecule has 3 N–H and O–H groups in total. The van der Waals surface area contributed by atoms with Crippen molar-refractivity contribution in [3.05, 3.63) is 35.5 Å². The summed E-state index contributed by atoms with van der Waals surface area (Å²) in [6.45, 7) is 3.93. The zero-order valence-corrected chi connectivity index (χ0v) is 9.58. The summed E-state index contributed by atoms with van der Waals surface area (Å²) in [7, 11) is 0. The highest BCUT2D eigenvalue weighted by Crippen LogP contribution is 2.23. The summed E-state index contributed by atoms with van der Waals surface area (Å²) >= 11 is 0. The van der Waals surface area contributed by atoms with Crippen LogP contribution in [0.5, 0.6) is 0 Å². The third-order valence-corrected chi connectivity index (χ3v) is 2.96. The fraction of sp³-hybridized carbons (Fsp3) is 0.308. The van der Waals surface area contributed by atoms with Gasteiger partial charge >= 0.3 is 0 Å². The van der Waals surface area contributed by atoms with Gasteiger partial charge in [0.15, 0.2) is 5.78 Å². The normalized spacial score (nSPS) is 12.9. The Kier molecular flexibility index (Phi) is 2.79. The van der Waals surface area contributed by atoms with E-state index in [9.17, 15) is 4.79 Å². The Morgan fingerprint density at radius 3 is 2.94 bits per heavy atom. The van der Waals surface area contributed by atoms with E-state index < -0.39 is 6.04 Å². The van der Waals surface area contributed by atoms with Crippen LogP contribution in [0.3, 0.4) is 0 Å².